The van der Waals surface area contributed by atoms with Gasteiger partial charge in [0, 0.05) is 18.3 Å². The molecular formula is C19H21F2N5OS. The van der Waals surface area contributed by atoms with Gasteiger partial charge in [0.1, 0.15) is 35.6 Å². The molecule has 0 aliphatic carbocycles. The van der Waals surface area contributed by atoms with Crippen LogP contribution in [-0.4, -0.2) is 35.4 Å². The molecule has 0 bridgehead atoms. The number of ether oxygens (including phenoxy) is 1. The van der Waals surface area contributed by atoms with Gasteiger partial charge in [-0.05, 0) is 43.5 Å². The normalized spacial score (nSPS) is 15.8. The number of nitrogens with two attached hydrogens (primary N) is 1. The van der Waals surface area contributed by atoms with Crippen LogP contribution < -0.4 is 21.1 Å². The predicted molar refractivity (Wildman–Crippen MR) is 110 cm³/mol. The fourth-order valence-electron chi connectivity index (χ4n) is 2.99. The van der Waals surface area contributed by atoms with Gasteiger partial charge in [0.25, 0.3) is 0 Å². The van der Waals surface area contributed by atoms with Gasteiger partial charge in [0.15, 0.2) is 0 Å². The molecule has 0 spiro atoms. The Morgan fingerprint density at radius 3 is 2.79 bits per heavy atom. The molecule has 148 valence electrons. The summed E-state index contributed by atoms with van der Waals surface area (Å²) in [6.45, 7) is 1.55. The second-order valence-corrected chi connectivity index (χ2v) is 6.12. The van der Waals surface area contributed by atoms with Crippen molar-refractivity contribution >= 4 is 40.7 Å². The number of hydrogen-bond donors (Lipinski definition) is 4. The van der Waals surface area contributed by atoms with E-state index in [1.54, 1.807) is 12.3 Å². The average molecular weight is 405 g/mol. The summed E-state index contributed by atoms with van der Waals surface area (Å²) in [4.78, 5) is 8.18. The summed E-state index contributed by atoms with van der Waals surface area (Å²) in [5.74, 6) is -0.342. The quantitative estimate of drug-likeness (QED) is 0.393. The van der Waals surface area contributed by atoms with Crippen molar-refractivity contribution in [1.82, 2.24) is 15.3 Å². The third-order valence-electron chi connectivity index (χ3n) is 4.22. The van der Waals surface area contributed by atoms with E-state index < -0.39 is 11.6 Å². The molecule has 1 aromatic heterocycles. The summed E-state index contributed by atoms with van der Waals surface area (Å²) in [5, 5.41) is 6.43. The van der Waals surface area contributed by atoms with Crippen LogP contribution in [-0.2, 0) is 0 Å². The number of benzene rings is 2. The lowest BCUT2D eigenvalue weighted by Gasteiger charge is -2.17. The molecular weight excluding hydrogens is 384 g/mol. The van der Waals surface area contributed by atoms with Gasteiger partial charge in [-0.1, -0.05) is 0 Å². The maximum absolute atomic E-state index is 14.4. The van der Waals surface area contributed by atoms with Crippen molar-refractivity contribution in [3.05, 3.63) is 48.3 Å². The molecule has 1 unspecified atom stereocenters. The van der Waals surface area contributed by atoms with Crippen LogP contribution >= 0.6 is 12.6 Å². The smallest absolute Gasteiger partial charge is 0.146 e. The van der Waals surface area contributed by atoms with Gasteiger partial charge < -0.3 is 21.1 Å². The van der Waals surface area contributed by atoms with Gasteiger partial charge in [-0.15, -0.1) is 0 Å². The molecule has 1 aliphatic rings. The van der Waals surface area contributed by atoms with Gasteiger partial charge in [0.05, 0.1) is 16.6 Å². The first-order valence-electron chi connectivity index (χ1n) is 8.68. The van der Waals surface area contributed by atoms with Crippen LogP contribution in [0.3, 0.4) is 0 Å². The van der Waals surface area contributed by atoms with Gasteiger partial charge in [0.2, 0.25) is 0 Å². The lowest BCUT2D eigenvalue weighted by molar-refractivity contribution is 0.223. The molecule has 1 saturated heterocycles. The summed E-state index contributed by atoms with van der Waals surface area (Å²) in [6.07, 6.45) is 3.80. The number of aromatic nitrogens is 2. The number of hydrogen-bond acceptors (Lipinski definition) is 7. The van der Waals surface area contributed by atoms with E-state index in [-0.39, 0.29) is 23.0 Å². The van der Waals surface area contributed by atoms with Crippen molar-refractivity contribution in [1.29, 1.82) is 0 Å². The number of rotatable bonds is 4. The Balaban J connectivity index is 0.00000109. The van der Waals surface area contributed by atoms with Crippen LogP contribution in [0.2, 0.25) is 0 Å². The fraction of sp³-hybridized carbons (Fsp3) is 0.263. The first-order valence-corrected chi connectivity index (χ1v) is 9.58. The third kappa shape index (κ3) is 4.42. The van der Waals surface area contributed by atoms with E-state index >= 15 is 0 Å². The number of nitrogens with one attached hydrogen (secondary N) is 2. The van der Waals surface area contributed by atoms with E-state index in [2.05, 4.69) is 33.2 Å². The summed E-state index contributed by atoms with van der Waals surface area (Å²) >= 11 is 3.53. The lowest BCUT2D eigenvalue weighted by Crippen LogP contribution is -2.20. The molecule has 2 aromatic carbocycles. The first kappa shape index (κ1) is 20.1. The monoisotopic (exact) mass is 405 g/mol. The van der Waals surface area contributed by atoms with E-state index in [9.17, 15) is 8.78 Å². The van der Waals surface area contributed by atoms with Gasteiger partial charge >= 0.3 is 0 Å². The van der Waals surface area contributed by atoms with E-state index in [1.165, 1.54) is 30.6 Å². The molecule has 4 N–H and O–H groups in total. The van der Waals surface area contributed by atoms with E-state index in [0.717, 1.165) is 13.0 Å². The molecule has 9 heteroatoms. The second kappa shape index (κ2) is 9.03. The molecule has 2 heterocycles. The zero-order chi connectivity index (χ0) is 20.1. The second-order valence-electron chi connectivity index (χ2n) is 6.12. The highest BCUT2D eigenvalue weighted by Gasteiger charge is 2.19. The number of fused-ring (bicyclic) bond motifs is 1. The minimum Gasteiger partial charge on any atom is -0.487 e. The van der Waals surface area contributed by atoms with Crippen LogP contribution in [0.1, 0.15) is 6.42 Å². The highest BCUT2D eigenvalue weighted by Crippen LogP contribution is 2.33. The molecule has 1 fully saturated rings. The van der Waals surface area contributed by atoms with Crippen LogP contribution in [0.4, 0.5) is 26.0 Å². The highest BCUT2D eigenvalue weighted by atomic mass is 32.1. The zero-order valence-corrected chi connectivity index (χ0v) is 16.1. The molecule has 0 amide bonds. The van der Waals surface area contributed by atoms with Crippen molar-refractivity contribution < 1.29 is 13.5 Å². The first-order chi connectivity index (χ1) is 13.6. The molecule has 28 heavy (non-hydrogen) atoms. The molecule has 6 nitrogen and oxygen atoms in total. The fourth-order valence-corrected chi connectivity index (χ4v) is 2.99. The van der Waals surface area contributed by atoms with Crippen LogP contribution in [0.25, 0.3) is 10.9 Å². The standard InChI is InChI=1S/C18H17F2N5O.CH4S/c19-10-1-2-14(16(5-10)26-12-3-4-22-8-12)25-18-17-13(20)6-11(21)7-15(17)23-9-24-18;1-2/h1-2,5-7,9,12,22H,3-4,8,21H2,(H,23,24,25);2H,1H3. The van der Waals surface area contributed by atoms with Crippen molar-refractivity contribution in [3.8, 4) is 5.75 Å². The number of nitrogens with zero attached hydrogens (tertiary/aromatic N) is 2. The minimum absolute atomic E-state index is 0.0453. The van der Waals surface area contributed by atoms with Gasteiger partial charge in [-0.3, -0.25) is 0 Å². The van der Waals surface area contributed by atoms with E-state index in [0.29, 0.717) is 23.5 Å². The molecule has 1 aliphatic heterocycles. The molecule has 4 rings (SSSR count). The summed E-state index contributed by atoms with van der Waals surface area (Å²) in [7, 11) is 0. The topological polar surface area (TPSA) is 85.1 Å². The lowest BCUT2D eigenvalue weighted by atomic mass is 10.2. The Morgan fingerprint density at radius 1 is 1.21 bits per heavy atom. The van der Waals surface area contributed by atoms with Crippen molar-refractivity contribution in [3.63, 3.8) is 0 Å². The largest absolute Gasteiger partial charge is 0.487 e. The SMILES string of the molecule is CS.Nc1cc(F)c2c(Nc3ccc(F)cc3OC3CCNC3)ncnc2c1. The van der Waals surface area contributed by atoms with Crippen molar-refractivity contribution in [2.75, 3.05) is 30.4 Å². The maximum atomic E-state index is 14.4. The molecule has 0 radical (unpaired) electrons. The number of thiol groups is 1. The predicted octanol–water partition coefficient (Wildman–Crippen LogP) is 3.52. The van der Waals surface area contributed by atoms with E-state index in [1.807, 2.05) is 0 Å². The Morgan fingerprint density at radius 2 is 2.04 bits per heavy atom. The zero-order valence-electron chi connectivity index (χ0n) is 15.2. The van der Waals surface area contributed by atoms with Crippen molar-refractivity contribution in [2.24, 2.45) is 0 Å². The Hall–Kier alpha value is -2.65. The number of nitrogen functional groups attached to an aromatic ring is 1. The summed E-state index contributed by atoms with van der Waals surface area (Å²) in [6, 6.07) is 6.93. The van der Waals surface area contributed by atoms with Gasteiger partial charge in [-0.2, -0.15) is 12.6 Å². The van der Waals surface area contributed by atoms with Crippen LogP contribution in [0.15, 0.2) is 36.7 Å². The third-order valence-corrected chi connectivity index (χ3v) is 4.22. The van der Waals surface area contributed by atoms with Gasteiger partial charge in [-0.25, -0.2) is 18.7 Å². The van der Waals surface area contributed by atoms with E-state index in [4.69, 9.17) is 10.5 Å². The molecule has 1 atom stereocenters. The number of anilines is 3. The maximum Gasteiger partial charge on any atom is 0.146 e. The van der Waals surface area contributed by atoms with Crippen LogP contribution in [0.5, 0.6) is 5.75 Å². The van der Waals surface area contributed by atoms with Crippen LogP contribution in [0, 0.1) is 11.6 Å². The summed E-state index contributed by atoms with van der Waals surface area (Å²) < 4.78 is 34.0. The highest BCUT2D eigenvalue weighted by molar-refractivity contribution is 7.79. The Bertz CT molecular complexity index is 966. The summed E-state index contributed by atoms with van der Waals surface area (Å²) in [5.41, 5.74) is 6.82. The molecule has 3 aromatic rings. The van der Waals surface area contributed by atoms with Crippen molar-refractivity contribution in [2.45, 2.75) is 12.5 Å². The average Bonchev–Trinajstić information content (AvgIpc) is 3.18. The minimum atomic E-state index is -0.535. The Labute approximate surface area is 166 Å². The number of halogens is 2. The molecule has 0 saturated carbocycles. The Kier molecular flexibility index (Phi) is 6.48.